The highest BCUT2D eigenvalue weighted by molar-refractivity contribution is 6.32. The lowest BCUT2D eigenvalue weighted by atomic mass is 10.1. The van der Waals surface area contributed by atoms with Gasteiger partial charge >= 0.3 is 0 Å². The van der Waals surface area contributed by atoms with Gasteiger partial charge in [-0.15, -0.1) is 0 Å². The Kier molecular flexibility index (Phi) is 7.20. The number of aliphatic hydroxyl groups excluding tert-OH is 1. The van der Waals surface area contributed by atoms with Gasteiger partial charge in [0, 0.05) is 24.6 Å². The number of aromatic nitrogens is 2. The molecule has 0 saturated carbocycles. The van der Waals surface area contributed by atoms with Crippen LogP contribution in [-0.2, 0) is 13.0 Å². The predicted molar refractivity (Wildman–Crippen MR) is 120 cm³/mol. The second-order valence-electron chi connectivity index (χ2n) is 7.86. The fourth-order valence-electron chi connectivity index (χ4n) is 3.66. The van der Waals surface area contributed by atoms with E-state index < -0.39 is 0 Å². The van der Waals surface area contributed by atoms with Gasteiger partial charge in [0.1, 0.15) is 11.6 Å². The highest BCUT2D eigenvalue weighted by atomic mass is 35.5. The molecule has 0 amide bonds. The molecule has 156 valence electrons. The van der Waals surface area contributed by atoms with Crippen molar-refractivity contribution < 1.29 is 9.84 Å². The molecular weight excluding hydrogens is 384 g/mol. The van der Waals surface area contributed by atoms with E-state index in [1.54, 1.807) is 0 Å². The minimum atomic E-state index is 0.190. The lowest BCUT2D eigenvalue weighted by Gasteiger charge is -2.12. The molecule has 1 heterocycles. The zero-order valence-electron chi connectivity index (χ0n) is 17.9. The van der Waals surface area contributed by atoms with Crippen molar-refractivity contribution in [2.75, 3.05) is 13.2 Å². The first kappa shape index (κ1) is 21.7. The molecule has 0 fully saturated rings. The Morgan fingerprint density at radius 1 is 0.931 bits per heavy atom. The molecule has 5 heteroatoms. The average Bonchev–Trinajstić information content (AvgIpc) is 3.00. The fraction of sp³-hybridized carbons (Fsp3) is 0.458. The van der Waals surface area contributed by atoms with E-state index in [0.29, 0.717) is 6.61 Å². The Morgan fingerprint density at radius 3 is 2.31 bits per heavy atom. The molecule has 0 radical (unpaired) electrons. The number of imidazole rings is 1. The molecular formula is C24H31ClN2O2. The number of benzene rings is 2. The number of halogens is 1. The largest absolute Gasteiger partial charge is 0.494 e. The molecule has 3 aromatic rings. The van der Waals surface area contributed by atoms with Crippen molar-refractivity contribution in [2.24, 2.45) is 0 Å². The van der Waals surface area contributed by atoms with E-state index in [-0.39, 0.29) is 6.61 Å². The summed E-state index contributed by atoms with van der Waals surface area (Å²) in [5.41, 5.74) is 6.87. The van der Waals surface area contributed by atoms with Crippen LogP contribution in [0.2, 0.25) is 5.02 Å². The summed E-state index contributed by atoms with van der Waals surface area (Å²) in [5, 5.41) is 10.0. The second-order valence-corrected chi connectivity index (χ2v) is 8.24. The monoisotopic (exact) mass is 414 g/mol. The number of fused-ring (bicyclic) bond motifs is 1. The number of nitrogens with zero attached hydrogens (tertiary/aromatic N) is 2. The van der Waals surface area contributed by atoms with Crippen LogP contribution in [0.4, 0.5) is 0 Å². The summed E-state index contributed by atoms with van der Waals surface area (Å²) in [5.74, 6) is 1.94. The van der Waals surface area contributed by atoms with Crippen molar-refractivity contribution in [3.05, 3.63) is 57.4 Å². The number of hydrogen-bond acceptors (Lipinski definition) is 3. The third kappa shape index (κ3) is 5.12. The highest BCUT2D eigenvalue weighted by Crippen LogP contribution is 2.26. The topological polar surface area (TPSA) is 47.3 Å². The van der Waals surface area contributed by atoms with E-state index in [4.69, 9.17) is 21.3 Å². The summed E-state index contributed by atoms with van der Waals surface area (Å²) in [4.78, 5) is 4.83. The number of unbranched alkanes of at least 4 members (excludes halogenated alkanes) is 1. The Bertz CT molecular complexity index is 971. The van der Waals surface area contributed by atoms with E-state index in [2.05, 4.69) is 30.5 Å². The standard InChI is InChI=1S/C24H31ClN2O2/c1-16-14-21-22(15-17(16)2)27(23(26-21)8-7-10-28)9-5-6-11-29-20-12-18(3)24(25)19(4)13-20/h12-15,28H,5-11H2,1-4H3. The van der Waals surface area contributed by atoms with Gasteiger partial charge in [-0.1, -0.05) is 11.6 Å². The maximum absolute atomic E-state index is 9.23. The van der Waals surface area contributed by atoms with Crippen molar-refractivity contribution >= 4 is 22.6 Å². The lowest BCUT2D eigenvalue weighted by molar-refractivity contribution is 0.286. The predicted octanol–water partition coefficient (Wildman–Crippen LogP) is 5.71. The molecule has 0 aliphatic carbocycles. The van der Waals surface area contributed by atoms with Gasteiger partial charge in [-0.25, -0.2) is 4.98 Å². The van der Waals surface area contributed by atoms with Gasteiger partial charge in [-0.2, -0.15) is 0 Å². The molecule has 1 N–H and O–H groups in total. The van der Waals surface area contributed by atoms with Gasteiger partial charge in [0.15, 0.2) is 0 Å². The Balaban J connectivity index is 1.64. The lowest BCUT2D eigenvalue weighted by Crippen LogP contribution is -2.07. The third-order valence-corrected chi connectivity index (χ3v) is 6.05. The number of aliphatic hydroxyl groups is 1. The van der Waals surface area contributed by atoms with Crippen LogP contribution in [0, 0.1) is 27.7 Å². The van der Waals surface area contributed by atoms with Gasteiger partial charge in [0.05, 0.1) is 17.6 Å². The number of ether oxygens (including phenoxy) is 1. The summed E-state index contributed by atoms with van der Waals surface area (Å²) in [6.07, 6.45) is 3.50. The van der Waals surface area contributed by atoms with Crippen LogP contribution < -0.4 is 4.74 Å². The molecule has 29 heavy (non-hydrogen) atoms. The Labute approximate surface area is 178 Å². The van der Waals surface area contributed by atoms with Crippen LogP contribution in [-0.4, -0.2) is 27.9 Å². The fourth-order valence-corrected chi connectivity index (χ4v) is 3.77. The summed E-state index contributed by atoms with van der Waals surface area (Å²) < 4.78 is 8.26. The van der Waals surface area contributed by atoms with Crippen molar-refractivity contribution in [2.45, 2.75) is 59.9 Å². The van der Waals surface area contributed by atoms with Crippen LogP contribution in [0.5, 0.6) is 5.75 Å². The van der Waals surface area contributed by atoms with E-state index >= 15 is 0 Å². The molecule has 0 spiro atoms. The summed E-state index contributed by atoms with van der Waals surface area (Å²) >= 11 is 6.23. The normalized spacial score (nSPS) is 11.4. The molecule has 1 aromatic heterocycles. The van der Waals surface area contributed by atoms with Gasteiger partial charge in [-0.3, -0.25) is 0 Å². The van der Waals surface area contributed by atoms with Gasteiger partial charge in [0.25, 0.3) is 0 Å². The molecule has 0 aliphatic rings. The molecule has 4 nitrogen and oxygen atoms in total. The molecule has 0 atom stereocenters. The van der Waals surface area contributed by atoms with Crippen LogP contribution in [0.15, 0.2) is 24.3 Å². The summed E-state index contributed by atoms with van der Waals surface area (Å²) in [7, 11) is 0. The first-order chi connectivity index (χ1) is 13.9. The summed E-state index contributed by atoms with van der Waals surface area (Å²) in [6, 6.07) is 8.39. The van der Waals surface area contributed by atoms with Crippen molar-refractivity contribution in [3.63, 3.8) is 0 Å². The van der Waals surface area contributed by atoms with Crippen LogP contribution in [0.1, 0.15) is 47.3 Å². The smallest absolute Gasteiger partial charge is 0.119 e. The van der Waals surface area contributed by atoms with Crippen LogP contribution >= 0.6 is 11.6 Å². The van der Waals surface area contributed by atoms with Gasteiger partial charge < -0.3 is 14.4 Å². The molecule has 0 unspecified atom stereocenters. The SMILES string of the molecule is Cc1cc2nc(CCCO)n(CCCCOc3cc(C)c(Cl)c(C)c3)c2cc1C. The number of hydrogen-bond donors (Lipinski definition) is 1. The van der Waals surface area contributed by atoms with E-state index in [0.717, 1.165) is 65.5 Å². The summed E-state index contributed by atoms with van der Waals surface area (Å²) in [6.45, 7) is 10.0. The zero-order valence-corrected chi connectivity index (χ0v) is 18.6. The highest BCUT2D eigenvalue weighted by Gasteiger charge is 2.12. The quantitative estimate of drug-likeness (QED) is 0.456. The third-order valence-electron chi connectivity index (χ3n) is 5.46. The van der Waals surface area contributed by atoms with Gasteiger partial charge in [0.2, 0.25) is 0 Å². The van der Waals surface area contributed by atoms with Crippen LogP contribution in [0.25, 0.3) is 11.0 Å². The van der Waals surface area contributed by atoms with E-state index in [9.17, 15) is 5.11 Å². The minimum absolute atomic E-state index is 0.190. The molecule has 0 saturated heterocycles. The maximum atomic E-state index is 9.23. The number of rotatable bonds is 9. The van der Waals surface area contributed by atoms with Gasteiger partial charge in [-0.05, 0) is 93.5 Å². The van der Waals surface area contributed by atoms with E-state index in [1.807, 2.05) is 26.0 Å². The molecule has 0 bridgehead atoms. The maximum Gasteiger partial charge on any atom is 0.119 e. The van der Waals surface area contributed by atoms with Crippen molar-refractivity contribution in [1.82, 2.24) is 9.55 Å². The van der Waals surface area contributed by atoms with Crippen molar-refractivity contribution in [1.29, 1.82) is 0 Å². The molecule has 3 rings (SSSR count). The second kappa shape index (κ2) is 9.64. The zero-order chi connectivity index (χ0) is 21.0. The van der Waals surface area contributed by atoms with Crippen LogP contribution in [0.3, 0.4) is 0 Å². The Hall–Kier alpha value is -2.04. The average molecular weight is 415 g/mol. The first-order valence-electron chi connectivity index (χ1n) is 10.4. The minimum Gasteiger partial charge on any atom is -0.494 e. The first-order valence-corrected chi connectivity index (χ1v) is 10.7. The van der Waals surface area contributed by atoms with E-state index in [1.165, 1.54) is 16.6 Å². The molecule has 0 aliphatic heterocycles. The Morgan fingerprint density at radius 2 is 1.62 bits per heavy atom. The molecule has 2 aromatic carbocycles. The number of aryl methyl sites for hydroxylation is 6. The van der Waals surface area contributed by atoms with Crippen molar-refractivity contribution in [3.8, 4) is 5.75 Å².